The molecular formula is C41H56ClNO14. The Kier molecular flexibility index (Phi) is 13.7. The van der Waals surface area contributed by atoms with Gasteiger partial charge in [0.1, 0.15) is 29.5 Å². The standard InChI is InChI=1S/C41H56ClNO14/c1-20(2)16-26(43-37(51)57-38(6,7)8)32(47)36(50)54-27-18-41(52)34(55-35(49)24-12-11-13-25(42)17-24)30(40(56-23(5)45)19-53-28(40)14-15-44)22(4)31(46)33(48)29(21(27)3)39(41,9)10/h11-13,17,20,26-28,30,32,34,44,46-47,52H,14-16,18-19H2,1-10H3,(H,43,51)/t26-,27-,28+,30+,32+,34-,40-,41+/m0/s1. The molecule has 5 N–H and O–H groups in total. The summed E-state index contributed by atoms with van der Waals surface area (Å²) in [6.45, 7) is 14.8. The van der Waals surface area contributed by atoms with Crippen molar-refractivity contribution in [1.82, 2.24) is 5.32 Å². The number of hydrogen-bond donors (Lipinski definition) is 5. The average molecular weight is 822 g/mol. The van der Waals surface area contributed by atoms with Crippen LogP contribution in [0.3, 0.4) is 0 Å². The lowest BCUT2D eigenvalue weighted by molar-refractivity contribution is -0.295. The minimum atomic E-state index is -2.37. The van der Waals surface area contributed by atoms with Crippen molar-refractivity contribution in [3.63, 3.8) is 0 Å². The summed E-state index contributed by atoms with van der Waals surface area (Å²) in [7, 11) is 0. The normalized spacial score (nSPS) is 28.4. The molecule has 57 heavy (non-hydrogen) atoms. The van der Waals surface area contributed by atoms with Crippen molar-refractivity contribution in [3.05, 3.63) is 57.3 Å². The number of halogens is 1. The highest BCUT2D eigenvalue weighted by Gasteiger charge is 2.69. The lowest BCUT2D eigenvalue weighted by Crippen LogP contribution is -2.73. The topological polar surface area (TPSA) is 224 Å². The first-order valence-corrected chi connectivity index (χ1v) is 19.3. The number of nitrogens with one attached hydrogen (secondary N) is 1. The SMILES string of the molecule is CC(=O)O[C@@]1([C@@H]2C(C)=C(O)C(=O)C3=C(C)[C@@H](OC(=O)[C@H](O)[C@H](CC(C)C)NC(=O)OC(C)(C)C)C[C@@](O)([C@H]2OC(=O)c2cccc(Cl)c2)C3(C)C)CO[C@@H]1CCO. The van der Waals surface area contributed by atoms with Crippen LogP contribution in [-0.4, -0.2) is 111 Å². The van der Waals surface area contributed by atoms with E-state index in [4.69, 9.17) is 35.3 Å². The van der Waals surface area contributed by atoms with E-state index in [0.29, 0.717) is 0 Å². The van der Waals surface area contributed by atoms with Crippen LogP contribution in [0, 0.1) is 17.3 Å². The summed E-state index contributed by atoms with van der Waals surface area (Å²) in [5.41, 5.74) is -6.89. The molecule has 8 atom stereocenters. The minimum absolute atomic E-state index is 0.0208. The van der Waals surface area contributed by atoms with E-state index in [1.54, 1.807) is 20.8 Å². The summed E-state index contributed by atoms with van der Waals surface area (Å²) in [5.74, 6) is -6.34. The summed E-state index contributed by atoms with van der Waals surface area (Å²) in [6, 6.07) is 4.64. The van der Waals surface area contributed by atoms with Crippen molar-refractivity contribution in [2.45, 2.75) is 136 Å². The summed E-state index contributed by atoms with van der Waals surface area (Å²) in [4.78, 5) is 68.0. The van der Waals surface area contributed by atoms with Crippen molar-refractivity contribution in [2.24, 2.45) is 17.3 Å². The van der Waals surface area contributed by atoms with Crippen molar-refractivity contribution in [1.29, 1.82) is 0 Å². The third-order valence-electron chi connectivity index (χ3n) is 11.0. The van der Waals surface area contributed by atoms with E-state index in [9.17, 15) is 44.4 Å². The fraction of sp³-hybridized carbons (Fsp3) is 0.634. The smallest absolute Gasteiger partial charge is 0.407 e. The second kappa shape index (κ2) is 17.1. The monoisotopic (exact) mass is 821 g/mol. The molecule has 2 bridgehead atoms. The van der Waals surface area contributed by atoms with Crippen LogP contribution in [0.1, 0.15) is 98.9 Å². The molecule has 1 saturated heterocycles. The molecule has 3 aliphatic rings. The fourth-order valence-corrected chi connectivity index (χ4v) is 8.49. The molecule has 0 unspecified atom stereocenters. The molecule has 0 aromatic heterocycles. The lowest BCUT2D eigenvalue weighted by Gasteiger charge is -2.60. The first-order valence-electron chi connectivity index (χ1n) is 19.0. The number of alkyl carbamates (subject to hydrolysis) is 1. The van der Waals surface area contributed by atoms with Crippen molar-refractivity contribution in [3.8, 4) is 0 Å². The highest BCUT2D eigenvalue weighted by Crippen LogP contribution is 2.58. The van der Waals surface area contributed by atoms with Crippen LogP contribution >= 0.6 is 11.6 Å². The first-order chi connectivity index (χ1) is 26.3. The number of rotatable bonds is 12. The van der Waals surface area contributed by atoms with Crippen LogP contribution in [0.15, 0.2) is 46.7 Å². The molecule has 4 rings (SSSR count). The molecule has 15 nitrogen and oxygen atoms in total. The molecular weight excluding hydrogens is 766 g/mol. The molecule has 0 radical (unpaired) electrons. The number of amides is 1. The number of allylic oxidation sites excluding steroid dienone is 1. The third-order valence-corrected chi connectivity index (χ3v) is 11.3. The number of aliphatic hydroxyl groups excluding tert-OH is 3. The van der Waals surface area contributed by atoms with Crippen LogP contribution < -0.4 is 5.32 Å². The maximum absolute atomic E-state index is 14.5. The Morgan fingerprint density at radius 1 is 1.09 bits per heavy atom. The summed E-state index contributed by atoms with van der Waals surface area (Å²) < 4.78 is 29.2. The van der Waals surface area contributed by atoms with E-state index < -0.39 is 107 Å². The Hall–Kier alpha value is -4.02. The van der Waals surface area contributed by atoms with Gasteiger partial charge in [-0.15, -0.1) is 0 Å². The number of esters is 3. The van der Waals surface area contributed by atoms with Gasteiger partial charge in [0.05, 0.1) is 24.1 Å². The molecule has 1 aromatic rings. The van der Waals surface area contributed by atoms with E-state index in [-0.39, 0.29) is 52.7 Å². The van der Waals surface area contributed by atoms with Crippen LogP contribution in [-0.2, 0) is 38.1 Å². The quantitative estimate of drug-likeness (QED) is 0.143. The first kappa shape index (κ1) is 45.7. The number of ether oxygens (including phenoxy) is 5. The number of aliphatic hydroxyl groups is 4. The van der Waals surface area contributed by atoms with Gasteiger partial charge in [-0.05, 0) is 76.3 Å². The third kappa shape index (κ3) is 9.17. The van der Waals surface area contributed by atoms with Crippen molar-refractivity contribution in [2.75, 3.05) is 13.2 Å². The van der Waals surface area contributed by atoms with Gasteiger partial charge in [-0.2, -0.15) is 0 Å². The van der Waals surface area contributed by atoms with E-state index in [0.717, 1.165) is 6.92 Å². The van der Waals surface area contributed by atoms with Gasteiger partial charge in [-0.25, -0.2) is 14.4 Å². The second-order valence-electron chi connectivity index (χ2n) is 17.1. The van der Waals surface area contributed by atoms with Gasteiger partial charge in [-0.3, -0.25) is 9.59 Å². The Balaban J connectivity index is 1.92. The molecule has 1 amide bonds. The van der Waals surface area contributed by atoms with Crippen molar-refractivity contribution >= 4 is 41.4 Å². The number of benzene rings is 1. The highest BCUT2D eigenvalue weighted by molar-refractivity contribution is 6.30. The van der Waals surface area contributed by atoms with E-state index in [1.807, 2.05) is 13.8 Å². The molecule has 316 valence electrons. The number of ketones is 1. The predicted octanol–water partition coefficient (Wildman–Crippen LogP) is 4.67. The molecule has 1 aromatic carbocycles. The second-order valence-corrected chi connectivity index (χ2v) is 17.5. The molecule has 1 fully saturated rings. The molecule has 1 heterocycles. The van der Waals surface area contributed by atoms with Gasteiger partial charge < -0.3 is 49.4 Å². The van der Waals surface area contributed by atoms with E-state index >= 15 is 0 Å². The zero-order valence-corrected chi connectivity index (χ0v) is 34.9. The molecule has 0 spiro atoms. The van der Waals surface area contributed by atoms with Gasteiger partial charge in [0.2, 0.25) is 5.78 Å². The van der Waals surface area contributed by atoms with Crippen LogP contribution in [0.5, 0.6) is 0 Å². The summed E-state index contributed by atoms with van der Waals surface area (Å²) in [5, 5.41) is 49.2. The summed E-state index contributed by atoms with van der Waals surface area (Å²) in [6.07, 6.45) is -7.61. The Bertz CT molecular complexity index is 1810. The maximum atomic E-state index is 14.5. The van der Waals surface area contributed by atoms with Gasteiger partial charge >= 0.3 is 24.0 Å². The number of carbonyl (C=O) groups is 5. The predicted molar refractivity (Wildman–Crippen MR) is 205 cm³/mol. The molecule has 2 aliphatic carbocycles. The number of carbonyl (C=O) groups excluding carboxylic acids is 5. The Morgan fingerprint density at radius 3 is 2.26 bits per heavy atom. The number of hydrogen-bond acceptors (Lipinski definition) is 14. The number of fused-ring (bicyclic) bond motifs is 2. The van der Waals surface area contributed by atoms with Crippen LogP contribution in [0.2, 0.25) is 5.02 Å². The van der Waals surface area contributed by atoms with Gasteiger partial charge in [0.15, 0.2) is 17.5 Å². The Labute approximate surface area is 337 Å². The molecule has 16 heteroatoms. The minimum Gasteiger partial charge on any atom is -0.504 e. The maximum Gasteiger partial charge on any atom is 0.407 e. The largest absolute Gasteiger partial charge is 0.504 e. The van der Waals surface area contributed by atoms with E-state index in [2.05, 4.69) is 5.32 Å². The van der Waals surface area contributed by atoms with Crippen molar-refractivity contribution < 1.29 is 68.1 Å². The zero-order chi connectivity index (χ0) is 43.0. The van der Waals surface area contributed by atoms with Gasteiger partial charge in [0.25, 0.3) is 0 Å². The van der Waals surface area contributed by atoms with E-state index in [1.165, 1.54) is 52.0 Å². The average Bonchev–Trinajstić information content (AvgIpc) is 3.08. The zero-order valence-electron chi connectivity index (χ0n) is 34.1. The molecule has 1 aliphatic heterocycles. The van der Waals surface area contributed by atoms with Crippen LogP contribution in [0.4, 0.5) is 4.79 Å². The lowest BCUT2D eigenvalue weighted by atomic mass is 9.53. The Morgan fingerprint density at radius 2 is 1.74 bits per heavy atom. The van der Waals surface area contributed by atoms with Gasteiger partial charge in [-0.1, -0.05) is 45.4 Å². The summed E-state index contributed by atoms with van der Waals surface area (Å²) >= 11 is 6.22. The van der Waals surface area contributed by atoms with Crippen LogP contribution in [0.25, 0.3) is 0 Å². The number of Topliss-reactive ketones (excluding diaryl/α,β-unsaturated/α-hetero) is 1. The highest BCUT2D eigenvalue weighted by atomic mass is 35.5. The van der Waals surface area contributed by atoms with Gasteiger partial charge in [0, 0.05) is 42.4 Å². The fourth-order valence-electron chi connectivity index (χ4n) is 8.30. The molecule has 0 saturated carbocycles.